The minimum Gasteiger partial charge on any atom is -0.480 e. The molecule has 0 aromatic carbocycles. The molecule has 1 aromatic rings. The molecule has 9 heavy (non-hydrogen) atoms. The van der Waals surface area contributed by atoms with Crippen LogP contribution < -0.4 is 0 Å². The summed E-state index contributed by atoms with van der Waals surface area (Å²) in [6, 6.07) is 3.57. The van der Waals surface area contributed by atoms with Crippen molar-refractivity contribution < 1.29 is 4.74 Å². The third kappa shape index (κ3) is 1.29. The summed E-state index contributed by atoms with van der Waals surface area (Å²) in [6.07, 6.45) is 0. The van der Waals surface area contributed by atoms with E-state index in [1.54, 1.807) is 12.1 Å². The summed E-state index contributed by atoms with van der Waals surface area (Å²) in [5.74, 6) is 0.209. The average molecular weight is 140 g/mol. The second-order valence-corrected chi connectivity index (χ2v) is 2.33. The molecule has 1 aromatic heterocycles. The van der Waals surface area contributed by atoms with Crippen LogP contribution in [-0.4, -0.2) is 13.0 Å². The van der Waals surface area contributed by atoms with Gasteiger partial charge in [0, 0.05) is 5.38 Å². The summed E-state index contributed by atoms with van der Waals surface area (Å²) in [5, 5.41) is 10.0. The number of methoxy groups -OCH3 is 1. The summed E-state index contributed by atoms with van der Waals surface area (Å²) in [6.45, 7) is 0. The summed E-state index contributed by atoms with van der Waals surface area (Å²) in [4.78, 5) is 0.817. The SMILES string of the molecule is COC(=N)c1cc[c]s1. The normalized spacial score (nSPS) is 9.00. The van der Waals surface area contributed by atoms with Crippen LogP contribution in [0.5, 0.6) is 0 Å². The summed E-state index contributed by atoms with van der Waals surface area (Å²) >= 11 is 1.38. The number of hydrogen-bond acceptors (Lipinski definition) is 3. The number of hydrogen-bond donors (Lipinski definition) is 1. The minimum atomic E-state index is 0.209. The Labute approximate surface area is 57.6 Å². The quantitative estimate of drug-likeness (QED) is 0.465. The highest BCUT2D eigenvalue weighted by Crippen LogP contribution is 2.07. The first-order chi connectivity index (χ1) is 4.34. The highest BCUT2D eigenvalue weighted by Gasteiger charge is 1.98. The highest BCUT2D eigenvalue weighted by molar-refractivity contribution is 7.11. The molecule has 47 valence electrons. The van der Waals surface area contributed by atoms with E-state index >= 15 is 0 Å². The van der Waals surface area contributed by atoms with Crippen LogP contribution in [0.25, 0.3) is 0 Å². The maximum atomic E-state index is 7.16. The molecule has 0 unspecified atom stereocenters. The van der Waals surface area contributed by atoms with Gasteiger partial charge in [-0.25, -0.2) is 0 Å². The van der Waals surface area contributed by atoms with Crippen LogP contribution in [0, 0.1) is 10.8 Å². The van der Waals surface area contributed by atoms with Crippen molar-refractivity contribution >= 4 is 17.2 Å². The zero-order valence-electron chi connectivity index (χ0n) is 4.97. The third-order valence-corrected chi connectivity index (χ3v) is 1.69. The lowest BCUT2D eigenvalue weighted by Crippen LogP contribution is -1.96. The van der Waals surface area contributed by atoms with Crippen molar-refractivity contribution in [3.8, 4) is 0 Å². The standard InChI is InChI=1S/C6H6NOS/c1-8-6(7)5-3-2-4-9-5/h2-3,7H,1H3. The lowest BCUT2D eigenvalue weighted by Gasteiger charge is -1.94. The van der Waals surface area contributed by atoms with Gasteiger partial charge in [-0.05, 0) is 12.1 Å². The van der Waals surface area contributed by atoms with E-state index in [2.05, 4.69) is 10.1 Å². The minimum absolute atomic E-state index is 0.209. The van der Waals surface area contributed by atoms with Gasteiger partial charge in [-0.1, -0.05) is 0 Å². The Kier molecular flexibility index (Phi) is 1.85. The Hall–Kier alpha value is -0.830. The van der Waals surface area contributed by atoms with Crippen molar-refractivity contribution in [1.29, 1.82) is 5.41 Å². The molecular formula is C6H6NOS. The molecule has 0 saturated carbocycles. The van der Waals surface area contributed by atoms with Crippen molar-refractivity contribution in [3.05, 3.63) is 22.4 Å². The van der Waals surface area contributed by atoms with Gasteiger partial charge in [0.1, 0.15) is 0 Å². The van der Waals surface area contributed by atoms with Crippen molar-refractivity contribution in [2.45, 2.75) is 0 Å². The lowest BCUT2D eigenvalue weighted by molar-refractivity contribution is 0.402. The molecular weight excluding hydrogens is 134 g/mol. The van der Waals surface area contributed by atoms with Gasteiger partial charge < -0.3 is 4.74 Å². The molecule has 0 bridgehead atoms. The Morgan fingerprint density at radius 2 is 2.67 bits per heavy atom. The highest BCUT2D eigenvalue weighted by atomic mass is 32.1. The van der Waals surface area contributed by atoms with E-state index in [9.17, 15) is 0 Å². The van der Waals surface area contributed by atoms with E-state index < -0.39 is 0 Å². The lowest BCUT2D eigenvalue weighted by atomic mass is 10.5. The number of rotatable bonds is 1. The van der Waals surface area contributed by atoms with E-state index in [4.69, 9.17) is 5.41 Å². The largest absolute Gasteiger partial charge is 0.480 e. The Morgan fingerprint density at radius 1 is 1.89 bits per heavy atom. The number of thiophene rings is 1. The van der Waals surface area contributed by atoms with Crippen LogP contribution in [-0.2, 0) is 4.74 Å². The predicted molar refractivity (Wildman–Crippen MR) is 37.0 cm³/mol. The van der Waals surface area contributed by atoms with E-state index in [1.165, 1.54) is 18.4 Å². The van der Waals surface area contributed by atoms with Gasteiger partial charge in [0.2, 0.25) is 5.90 Å². The molecule has 0 amide bonds. The smallest absolute Gasteiger partial charge is 0.223 e. The summed E-state index contributed by atoms with van der Waals surface area (Å²) in [5.41, 5.74) is 0. The van der Waals surface area contributed by atoms with Crippen LogP contribution in [0.2, 0.25) is 0 Å². The monoisotopic (exact) mass is 140 g/mol. The zero-order valence-corrected chi connectivity index (χ0v) is 5.79. The maximum absolute atomic E-state index is 7.16. The van der Waals surface area contributed by atoms with E-state index in [-0.39, 0.29) is 5.90 Å². The zero-order chi connectivity index (χ0) is 6.69. The number of nitrogens with one attached hydrogen (secondary N) is 1. The molecule has 0 atom stereocenters. The van der Waals surface area contributed by atoms with Gasteiger partial charge >= 0.3 is 0 Å². The molecule has 1 N–H and O–H groups in total. The molecule has 0 aliphatic heterocycles. The van der Waals surface area contributed by atoms with Gasteiger partial charge in [-0.15, -0.1) is 11.3 Å². The second-order valence-electron chi connectivity index (χ2n) is 1.45. The second kappa shape index (κ2) is 2.64. The molecule has 0 fully saturated rings. The predicted octanol–water partition coefficient (Wildman–Crippen LogP) is 1.52. The van der Waals surface area contributed by atoms with E-state index in [1.807, 2.05) is 0 Å². The van der Waals surface area contributed by atoms with Crippen LogP contribution >= 0.6 is 11.3 Å². The molecule has 1 radical (unpaired) electrons. The topological polar surface area (TPSA) is 33.1 Å². The molecule has 1 rings (SSSR count). The van der Waals surface area contributed by atoms with Crippen molar-refractivity contribution in [1.82, 2.24) is 0 Å². The molecule has 0 saturated heterocycles. The number of ether oxygens (including phenoxy) is 1. The summed E-state index contributed by atoms with van der Waals surface area (Å²) < 4.78 is 4.67. The maximum Gasteiger partial charge on any atom is 0.223 e. The first kappa shape index (κ1) is 6.29. The summed E-state index contributed by atoms with van der Waals surface area (Å²) in [7, 11) is 1.49. The Balaban J connectivity index is 2.77. The first-order valence-corrected chi connectivity index (χ1v) is 3.25. The van der Waals surface area contributed by atoms with E-state index in [0.29, 0.717) is 0 Å². The molecule has 1 heterocycles. The van der Waals surface area contributed by atoms with Gasteiger partial charge in [0.05, 0.1) is 12.0 Å². The van der Waals surface area contributed by atoms with Gasteiger partial charge in [-0.2, -0.15) is 0 Å². The molecule has 3 heteroatoms. The fourth-order valence-corrected chi connectivity index (χ4v) is 1.04. The average Bonchev–Trinajstić information content (AvgIpc) is 2.37. The molecule has 0 spiro atoms. The van der Waals surface area contributed by atoms with Crippen molar-refractivity contribution in [2.24, 2.45) is 0 Å². The van der Waals surface area contributed by atoms with Crippen LogP contribution in [0.15, 0.2) is 12.1 Å². The van der Waals surface area contributed by atoms with Gasteiger partial charge in [0.15, 0.2) is 0 Å². The molecule has 2 nitrogen and oxygen atoms in total. The Morgan fingerprint density at radius 3 is 3.11 bits per heavy atom. The van der Waals surface area contributed by atoms with E-state index in [0.717, 1.165) is 4.88 Å². The third-order valence-electron chi connectivity index (χ3n) is 0.900. The fraction of sp³-hybridized carbons (Fsp3) is 0.167. The van der Waals surface area contributed by atoms with Crippen LogP contribution in [0.1, 0.15) is 4.88 Å². The van der Waals surface area contributed by atoms with Crippen LogP contribution in [0.3, 0.4) is 0 Å². The Bertz CT molecular complexity index is 193. The first-order valence-electron chi connectivity index (χ1n) is 2.43. The molecule has 0 aliphatic carbocycles. The molecule has 0 aliphatic rings. The van der Waals surface area contributed by atoms with Gasteiger partial charge in [0.25, 0.3) is 0 Å². The van der Waals surface area contributed by atoms with Crippen molar-refractivity contribution in [2.75, 3.05) is 7.11 Å². The fourth-order valence-electron chi connectivity index (χ4n) is 0.464. The van der Waals surface area contributed by atoms with Gasteiger partial charge in [-0.3, -0.25) is 5.41 Å². The van der Waals surface area contributed by atoms with Crippen LogP contribution in [0.4, 0.5) is 0 Å². The van der Waals surface area contributed by atoms with Crippen molar-refractivity contribution in [3.63, 3.8) is 0 Å².